The zero-order valence-corrected chi connectivity index (χ0v) is 13.0. The van der Waals surface area contributed by atoms with E-state index in [9.17, 15) is 4.79 Å². The molecule has 0 atom stereocenters. The highest BCUT2D eigenvalue weighted by Crippen LogP contribution is 2.29. The number of thioether (sulfide) groups is 1. The molecule has 2 aromatic heterocycles. The summed E-state index contributed by atoms with van der Waals surface area (Å²) in [5, 5.41) is 4.51. The standard InChI is InChI=1S/C15H18N4OS/c1-3-18(15(20)12-9-21-10-12)14-8-19(17-11(14)2)13-5-4-6-16-7-13/h4-8,12H,3,9-10H2,1-2H3. The normalized spacial score (nSPS) is 14.8. The van der Waals surface area contributed by atoms with E-state index in [0.29, 0.717) is 6.54 Å². The Balaban J connectivity index is 1.90. The molecule has 2 aromatic rings. The second-order valence-electron chi connectivity index (χ2n) is 5.07. The Hall–Kier alpha value is -1.82. The molecule has 1 fully saturated rings. The van der Waals surface area contributed by atoms with Crippen molar-refractivity contribution in [3.8, 4) is 5.69 Å². The van der Waals surface area contributed by atoms with Crippen molar-refractivity contribution in [3.63, 3.8) is 0 Å². The van der Waals surface area contributed by atoms with E-state index in [1.807, 2.05) is 48.8 Å². The Morgan fingerprint density at radius 1 is 1.52 bits per heavy atom. The summed E-state index contributed by atoms with van der Waals surface area (Å²) in [6, 6.07) is 3.82. The van der Waals surface area contributed by atoms with Crippen LogP contribution in [0.25, 0.3) is 5.69 Å². The maximum absolute atomic E-state index is 12.5. The highest BCUT2D eigenvalue weighted by molar-refractivity contribution is 8.00. The molecule has 6 heteroatoms. The predicted octanol–water partition coefficient (Wildman–Crippen LogP) is 2.29. The molecule has 0 bridgehead atoms. The second-order valence-corrected chi connectivity index (χ2v) is 6.15. The lowest BCUT2D eigenvalue weighted by molar-refractivity contribution is -0.121. The van der Waals surface area contributed by atoms with Crippen molar-refractivity contribution < 1.29 is 4.79 Å². The molecule has 1 amide bonds. The van der Waals surface area contributed by atoms with Gasteiger partial charge < -0.3 is 4.90 Å². The van der Waals surface area contributed by atoms with E-state index >= 15 is 0 Å². The average molecular weight is 302 g/mol. The van der Waals surface area contributed by atoms with Gasteiger partial charge in [-0.2, -0.15) is 16.9 Å². The number of aromatic nitrogens is 3. The van der Waals surface area contributed by atoms with E-state index in [0.717, 1.165) is 28.6 Å². The summed E-state index contributed by atoms with van der Waals surface area (Å²) < 4.78 is 1.78. The lowest BCUT2D eigenvalue weighted by atomic mass is 10.1. The van der Waals surface area contributed by atoms with Crippen molar-refractivity contribution in [2.45, 2.75) is 13.8 Å². The Morgan fingerprint density at radius 2 is 2.33 bits per heavy atom. The first-order chi connectivity index (χ1) is 10.2. The molecule has 110 valence electrons. The summed E-state index contributed by atoms with van der Waals surface area (Å²) in [6.45, 7) is 4.61. The molecule has 1 saturated heterocycles. The third-order valence-corrected chi connectivity index (χ3v) is 4.92. The van der Waals surface area contributed by atoms with E-state index in [1.54, 1.807) is 17.1 Å². The van der Waals surface area contributed by atoms with Crippen LogP contribution >= 0.6 is 11.8 Å². The van der Waals surface area contributed by atoms with Gasteiger partial charge in [0.25, 0.3) is 0 Å². The smallest absolute Gasteiger partial charge is 0.231 e. The highest BCUT2D eigenvalue weighted by atomic mass is 32.2. The molecule has 0 aromatic carbocycles. The molecular weight excluding hydrogens is 284 g/mol. The fourth-order valence-electron chi connectivity index (χ4n) is 2.38. The monoisotopic (exact) mass is 302 g/mol. The summed E-state index contributed by atoms with van der Waals surface area (Å²) in [6.07, 6.45) is 5.41. The number of nitrogens with zero attached hydrogens (tertiary/aromatic N) is 4. The molecule has 1 aliphatic rings. The quantitative estimate of drug-likeness (QED) is 0.869. The third kappa shape index (κ3) is 2.68. The van der Waals surface area contributed by atoms with E-state index in [1.165, 1.54) is 0 Å². The van der Waals surface area contributed by atoms with Gasteiger partial charge in [0.2, 0.25) is 5.91 Å². The zero-order valence-electron chi connectivity index (χ0n) is 12.2. The molecular formula is C15H18N4OS. The van der Waals surface area contributed by atoms with Gasteiger partial charge in [0.1, 0.15) is 0 Å². The van der Waals surface area contributed by atoms with Crippen LogP contribution in [0, 0.1) is 12.8 Å². The number of carbonyl (C=O) groups is 1. The molecule has 1 aliphatic heterocycles. The van der Waals surface area contributed by atoms with Gasteiger partial charge in [-0.1, -0.05) is 0 Å². The molecule has 0 unspecified atom stereocenters. The third-order valence-electron chi connectivity index (χ3n) is 3.64. The van der Waals surface area contributed by atoms with E-state index < -0.39 is 0 Å². The van der Waals surface area contributed by atoms with Crippen molar-refractivity contribution in [3.05, 3.63) is 36.4 Å². The first-order valence-corrected chi connectivity index (χ1v) is 8.22. The van der Waals surface area contributed by atoms with Crippen LogP contribution in [-0.4, -0.2) is 38.7 Å². The molecule has 0 spiro atoms. The Kier molecular flexibility index (Phi) is 3.96. The number of hydrogen-bond acceptors (Lipinski definition) is 4. The largest absolute Gasteiger partial charge is 0.309 e. The summed E-state index contributed by atoms with van der Waals surface area (Å²) in [7, 11) is 0. The SMILES string of the molecule is CCN(C(=O)C1CSC1)c1cn(-c2cccnc2)nc1C. The minimum atomic E-state index is 0.163. The van der Waals surface area contributed by atoms with Crippen LogP contribution in [-0.2, 0) is 4.79 Å². The Bertz CT molecular complexity index is 636. The molecule has 21 heavy (non-hydrogen) atoms. The van der Waals surface area contributed by atoms with Gasteiger partial charge in [0.05, 0.1) is 35.4 Å². The first kappa shape index (κ1) is 14.1. The fourth-order valence-corrected chi connectivity index (χ4v) is 3.14. The number of aryl methyl sites for hydroxylation is 1. The minimum Gasteiger partial charge on any atom is -0.309 e. The predicted molar refractivity (Wildman–Crippen MR) is 84.9 cm³/mol. The van der Waals surface area contributed by atoms with Gasteiger partial charge in [-0.05, 0) is 26.0 Å². The maximum Gasteiger partial charge on any atom is 0.231 e. The van der Waals surface area contributed by atoms with Crippen LogP contribution in [0.15, 0.2) is 30.7 Å². The van der Waals surface area contributed by atoms with Crippen molar-refractivity contribution >= 4 is 23.4 Å². The van der Waals surface area contributed by atoms with Crippen molar-refractivity contribution in [2.75, 3.05) is 23.0 Å². The van der Waals surface area contributed by atoms with Gasteiger partial charge in [-0.3, -0.25) is 9.78 Å². The lowest BCUT2D eigenvalue weighted by Gasteiger charge is -2.30. The van der Waals surface area contributed by atoms with Crippen LogP contribution in [0.2, 0.25) is 0 Å². The summed E-state index contributed by atoms with van der Waals surface area (Å²) >= 11 is 1.83. The summed E-state index contributed by atoms with van der Waals surface area (Å²) in [5.74, 6) is 2.25. The Labute approximate surface area is 128 Å². The molecule has 0 N–H and O–H groups in total. The lowest BCUT2D eigenvalue weighted by Crippen LogP contribution is -2.41. The molecule has 0 aliphatic carbocycles. The van der Waals surface area contributed by atoms with Gasteiger partial charge in [0, 0.05) is 24.2 Å². The molecule has 0 saturated carbocycles. The van der Waals surface area contributed by atoms with Crippen LogP contribution in [0.1, 0.15) is 12.6 Å². The van der Waals surface area contributed by atoms with Crippen molar-refractivity contribution in [1.82, 2.24) is 14.8 Å². The van der Waals surface area contributed by atoms with Gasteiger partial charge in [0.15, 0.2) is 0 Å². The number of amides is 1. The van der Waals surface area contributed by atoms with Gasteiger partial charge in [-0.25, -0.2) is 4.68 Å². The van der Waals surface area contributed by atoms with Gasteiger partial charge in [-0.15, -0.1) is 0 Å². The van der Waals surface area contributed by atoms with E-state index in [-0.39, 0.29) is 11.8 Å². The number of hydrogen-bond donors (Lipinski definition) is 0. The van der Waals surface area contributed by atoms with Crippen molar-refractivity contribution in [2.24, 2.45) is 5.92 Å². The topological polar surface area (TPSA) is 51.0 Å². The average Bonchev–Trinajstić information content (AvgIpc) is 2.81. The molecule has 5 nitrogen and oxygen atoms in total. The Morgan fingerprint density at radius 3 is 2.90 bits per heavy atom. The minimum absolute atomic E-state index is 0.163. The molecule has 3 rings (SSSR count). The zero-order chi connectivity index (χ0) is 14.8. The van der Waals surface area contributed by atoms with E-state index in [4.69, 9.17) is 0 Å². The maximum atomic E-state index is 12.5. The summed E-state index contributed by atoms with van der Waals surface area (Å²) in [4.78, 5) is 18.5. The van der Waals surface area contributed by atoms with Crippen molar-refractivity contribution in [1.29, 1.82) is 0 Å². The van der Waals surface area contributed by atoms with Gasteiger partial charge >= 0.3 is 0 Å². The second kappa shape index (κ2) is 5.89. The highest BCUT2D eigenvalue weighted by Gasteiger charge is 2.31. The van der Waals surface area contributed by atoms with E-state index in [2.05, 4.69) is 10.1 Å². The number of pyridine rings is 1. The first-order valence-electron chi connectivity index (χ1n) is 7.06. The van der Waals surface area contributed by atoms with Crippen LogP contribution < -0.4 is 4.90 Å². The summed E-state index contributed by atoms with van der Waals surface area (Å²) in [5.41, 5.74) is 2.65. The fraction of sp³-hybridized carbons (Fsp3) is 0.400. The number of rotatable bonds is 4. The van der Waals surface area contributed by atoms with Crippen LogP contribution in [0.3, 0.4) is 0 Å². The van der Waals surface area contributed by atoms with Crippen LogP contribution in [0.5, 0.6) is 0 Å². The number of carbonyl (C=O) groups excluding carboxylic acids is 1. The van der Waals surface area contributed by atoms with Crippen LogP contribution in [0.4, 0.5) is 5.69 Å². The number of anilines is 1. The molecule has 3 heterocycles. The molecule has 0 radical (unpaired) electrons.